The quantitative estimate of drug-likeness (QED) is 0.492. The number of methoxy groups -OCH3 is 1. The van der Waals surface area contributed by atoms with Gasteiger partial charge in [-0.3, -0.25) is 14.6 Å². The lowest BCUT2D eigenvalue weighted by Gasteiger charge is -2.11. The third-order valence-corrected chi connectivity index (χ3v) is 4.64. The fraction of sp³-hybridized carbons (Fsp3) is 0.136. The van der Waals surface area contributed by atoms with E-state index < -0.39 is 5.91 Å². The number of rotatable bonds is 8. The second-order valence-electron chi connectivity index (χ2n) is 6.50. The van der Waals surface area contributed by atoms with Crippen LogP contribution in [0.3, 0.4) is 0 Å². The van der Waals surface area contributed by atoms with Crippen LogP contribution in [0.25, 0.3) is 0 Å². The normalized spacial score (nSPS) is 10.4. The fourth-order valence-corrected chi connectivity index (χ4v) is 3.05. The zero-order valence-corrected chi connectivity index (χ0v) is 17.3. The Morgan fingerprint density at radius 2 is 1.94 bits per heavy atom. The molecule has 0 saturated carbocycles. The van der Waals surface area contributed by atoms with Gasteiger partial charge in [0.15, 0.2) is 11.5 Å². The van der Waals surface area contributed by atoms with Crippen LogP contribution in [-0.4, -0.2) is 35.6 Å². The number of carbonyl (C=O) groups excluding carboxylic acids is 2. The van der Waals surface area contributed by atoms with E-state index in [-0.39, 0.29) is 33.7 Å². The average molecular weight is 442 g/mol. The molecule has 0 fully saturated rings. The number of aromatic hydroxyl groups is 1. The monoisotopic (exact) mass is 441 g/mol. The maximum atomic E-state index is 12.4. The molecule has 0 spiro atoms. The number of pyridine rings is 1. The molecular formula is C22H20ClN3O5. The zero-order valence-electron chi connectivity index (χ0n) is 16.6. The van der Waals surface area contributed by atoms with Gasteiger partial charge in [-0.25, -0.2) is 0 Å². The Morgan fingerprint density at radius 1 is 1.16 bits per heavy atom. The number of nitrogens with zero attached hydrogens (tertiary/aromatic N) is 1. The van der Waals surface area contributed by atoms with Gasteiger partial charge in [0.2, 0.25) is 0 Å². The molecule has 0 saturated heterocycles. The van der Waals surface area contributed by atoms with E-state index in [4.69, 9.17) is 26.8 Å². The number of nitrogens with one attached hydrogen (secondary N) is 1. The van der Waals surface area contributed by atoms with Crippen LogP contribution < -0.4 is 20.5 Å². The van der Waals surface area contributed by atoms with Crippen molar-refractivity contribution in [1.82, 2.24) is 10.3 Å². The van der Waals surface area contributed by atoms with Gasteiger partial charge in [0.25, 0.3) is 11.8 Å². The third-order valence-electron chi connectivity index (χ3n) is 4.33. The van der Waals surface area contributed by atoms with E-state index >= 15 is 0 Å². The molecule has 160 valence electrons. The summed E-state index contributed by atoms with van der Waals surface area (Å²) in [6, 6.07) is 13.1. The minimum Gasteiger partial charge on any atom is -0.504 e. The molecule has 4 N–H and O–H groups in total. The number of halogens is 1. The first-order chi connectivity index (χ1) is 14.9. The SMILES string of the molecule is COc1cc(C(=O)NCCc2cccc(Oc3ccnc(C(N)=O)c3)c2)c(Cl)cc1O. The maximum Gasteiger partial charge on any atom is 0.267 e. The van der Waals surface area contributed by atoms with Crippen molar-refractivity contribution in [2.75, 3.05) is 13.7 Å². The minimum absolute atomic E-state index is 0.112. The molecule has 0 bridgehead atoms. The molecule has 2 aromatic carbocycles. The largest absolute Gasteiger partial charge is 0.504 e. The smallest absolute Gasteiger partial charge is 0.267 e. The Bertz CT molecular complexity index is 1120. The molecule has 0 aliphatic carbocycles. The minimum atomic E-state index is -0.638. The third kappa shape index (κ3) is 5.64. The lowest BCUT2D eigenvalue weighted by molar-refractivity contribution is 0.0952. The van der Waals surface area contributed by atoms with Crippen molar-refractivity contribution in [2.24, 2.45) is 5.73 Å². The standard InChI is InChI=1S/C22H20ClN3O5/c1-30-20-11-16(17(23)12-19(20)27)22(29)26-7-5-13-3-2-4-14(9-13)31-15-6-8-25-18(10-15)21(24)28/h2-4,6,8-12,27H,5,7H2,1H3,(H2,24,28)(H,26,29). The summed E-state index contributed by atoms with van der Waals surface area (Å²) in [5, 5.41) is 12.6. The molecule has 31 heavy (non-hydrogen) atoms. The van der Waals surface area contributed by atoms with Crippen LogP contribution in [0.15, 0.2) is 54.7 Å². The topological polar surface area (TPSA) is 124 Å². The number of aromatic nitrogens is 1. The molecule has 8 nitrogen and oxygen atoms in total. The van der Waals surface area contributed by atoms with E-state index in [1.807, 2.05) is 18.2 Å². The molecule has 0 aliphatic rings. The summed E-state index contributed by atoms with van der Waals surface area (Å²) < 4.78 is 10.8. The molecule has 9 heteroatoms. The summed E-state index contributed by atoms with van der Waals surface area (Å²) in [5.41, 5.74) is 6.48. The van der Waals surface area contributed by atoms with Crippen LogP contribution in [-0.2, 0) is 6.42 Å². The summed E-state index contributed by atoms with van der Waals surface area (Å²) in [6.07, 6.45) is 1.98. The van der Waals surface area contributed by atoms with Gasteiger partial charge in [0.1, 0.15) is 17.2 Å². The van der Waals surface area contributed by atoms with Gasteiger partial charge < -0.3 is 25.6 Å². The second-order valence-corrected chi connectivity index (χ2v) is 6.91. The fourth-order valence-electron chi connectivity index (χ4n) is 2.81. The summed E-state index contributed by atoms with van der Waals surface area (Å²) in [7, 11) is 1.39. The number of primary amides is 1. The van der Waals surface area contributed by atoms with E-state index in [9.17, 15) is 14.7 Å². The Hall–Kier alpha value is -3.78. The molecule has 0 unspecified atom stereocenters. The number of phenolic OH excluding ortho intramolecular Hbond substituents is 1. The van der Waals surface area contributed by atoms with Crippen molar-refractivity contribution in [2.45, 2.75) is 6.42 Å². The summed E-state index contributed by atoms with van der Waals surface area (Å²) >= 11 is 6.05. The number of benzene rings is 2. The van der Waals surface area contributed by atoms with Gasteiger partial charge in [-0.05, 0) is 36.2 Å². The van der Waals surface area contributed by atoms with Crippen molar-refractivity contribution in [1.29, 1.82) is 0 Å². The van der Waals surface area contributed by atoms with E-state index in [1.165, 1.54) is 31.5 Å². The molecule has 2 amide bonds. The van der Waals surface area contributed by atoms with E-state index in [2.05, 4.69) is 10.3 Å². The lowest BCUT2D eigenvalue weighted by Crippen LogP contribution is -2.26. The number of nitrogens with two attached hydrogens (primary N) is 1. The highest BCUT2D eigenvalue weighted by atomic mass is 35.5. The number of carbonyl (C=O) groups is 2. The number of hydrogen-bond donors (Lipinski definition) is 3. The second kappa shape index (κ2) is 9.82. The van der Waals surface area contributed by atoms with Gasteiger partial charge >= 0.3 is 0 Å². The predicted molar refractivity (Wildman–Crippen MR) is 115 cm³/mol. The van der Waals surface area contributed by atoms with Gasteiger partial charge in [0.05, 0.1) is 17.7 Å². The number of amides is 2. The maximum absolute atomic E-state index is 12.4. The molecule has 3 rings (SSSR count). The highest BCUT2D eigenvalue weighted by molar-refractivity contribution is 6.34. The van der Waals surface area contributed by atoms with E-state index in [1.54, 1.807) is 12.1 Å². The van der Waals surface area contributed by atoms with Crippen molar-refractivity contribution < 1.29 is 24.2 Å². The van der Waals surface area contributed by atoms with Gasteiger partial charge in [-0.15, -0.1) is 0 Å². The van der Waals surface area contributed by atoms with Gasteiger partial charge in [-0.2, -0.15) is 0 Å². The summed E-state index contributed by atoms with van der Waals surface area (Å²) in [5.74, 6) is 0.00252. The first kappa shape index (κ1) is 21.9. The van der Waals surface area contributed by atoms with Crippen LogP contribution in [0, 0.1) is 0 Å². The Labute approximate surface area is 183 Å². The van der Waals surface area contributed by atoms with Gasteiger partial charge in [0, 0.05) is 24.9 Å². The molecule has 0 atom stereocenters. The molecule has 0 aliphatic heterocycles. The lowest BCUT2D eigenvalue weighted by atomic mass is 10.1. The Morgan fingerprint density at radius 3 is 2.68 bits per heavy atom. The Kier molecular flexibility index (Phi) is 6.94. The predicted octanol–water partition coefficient (Wildman–Crippen LogP) is 3.31. The molecule has 1 heterocycles. The first-order valence-corrected chi connectivity index (χ1v) is 9.62. The van der Waals surface area contributed by atoms with Crippen LogP contribution in [0.1, 0.15) is 26.4 Å². The van der Waals surface area contributed by atoms with Crippen molar-refractivity contribution in [3.8, 4) is 23.0 Å². The van der Waals surface area contributed by atoms with Crippen LogP contribution in [0.4, 0.5) is 0 Å². The van der Waals surface area contributed by atoms with Crippen LogP contribution in [0.2, 0.25) is 5.02 Å². The first-order valence-electron chi connectivity index (χ1n) is 9.24. The van der Waals surface area contributed by atoms with Crippen LogP contribution in [0.5, 0.6) is 23.0 Å². The molecule has 0 radical (unpaired) electrons. The molecule has 1 aromatic heterocycles. The van der Waals surface area contributed by atoms with Gasteiger partial charge in [-0.1, -0.05) is 23.7 Å². The number of hydrogen-bond acceptors (Lipinski definition) is 6. The van der Waals surface area contributed by atoms with E-state index in [0.29, 0.717) is 24.5 Å². The molecular weight excluding hydrogens is 422 g/mol. The highest BCUT2D eigenvalue weighted by Gasteiger charge is 2.15. The molecule has 3 aromatic rings. The van der Waals surface area contributed by atoms with Crippen molar-refractivity contribution >= 4 is 23.4 Å². The Balaban J connectivity index is 1.61. The zero-order chi connectivity index (χ0) is 22.4. The average Bonchev–Trinajstić information content (AvgIpc) is 2.74. The highest BCUT2D eigenvalue weighted by Crippen LogP contribution is 2.32. The number of ether oxygens (including phenoxy) is 2. The number of phenols is 1. The summed E-state index contributed by atoms with van der Waals surface area (Å²) in [4.78, 5) is 27.6. The van der Waals surface area contributed by atoms with Crippen molar-refractivity contribution in [3.63, 3.8) is 0 Å². The van der Waals surface area contributed by atoms with Crippen LogP contribution >= 0.6 is 11.6 Å². The van der Waals surface area contributed by atoms with Crippen molar-refractivity contribution in [3.05, 3.63) is 76.6 Å². The summed E-state index contributed by atoms with van der Waals surface area (Å²) in [6.45, 7) is 0.350. The van der Waals surface area contributed by atoms with E-state index in [0.717, 1.165) is 5.56 Å².